The fraction of sp³-hybridized carbons (Fsp3) is 0.263. The van der Waals surface area contributed by atoms with Gasteiger partial charge >= 0.3 is 6.18 Å². The van der Waals surface area contributed by atoms with E-state index in [2.05, 4.69) is 20.2 Å². The smallest absolute Gasteiger partial charge is 0.332 e. The van der Waals surface area contributed by atoms with Gasteiger partial charge in [0, 0.05) is 18.3 Å². The molecule has 1 N–H and O–H groups in total. The number of H-pyrrole nitrogens is 1. The van der Waals surface area contributed by atoms with Gasteiger partial charge in [-0.25, -0.2) is 9.97 Å². The number of fused-ring (bicyclic) bond motifs is 1. The van der Waals surface area contributed by atoms with Gasteiger partial charge in [-0.1, -0.05) is 17.7 Å². The maximum absolute atomic E-state index is 13.1. The molecule has 1 aliphatic heterocycles. The van der Waals surface area contributed by atoms with Crippen LogP contribution in [0.4, 0.5) is 13.2 Å². The zero-order valence-electron chi connectivity index (χ0n) is 15.2. The second kappa shape index (κ2) is 7.14. The molecule has 1 aromatic carbocycles. The molecule has 150 valence electrons. The van der Waals surface area contributed by atoms with E-state index in [9.17, 15) is 18.0 Å². The van der Waals surface area contributed by atoms with E-state index in [0.29, 0.717) is 30.2 Å². The van der Waals surface area contributed by atoms with E-state index < -0.39 is 22.7 Å². The van der Waals surface area contributed by atoms with E-state index in [-0.39, 0.29) is 12.1 Å². The number of nitrogens with one attached hydrogen (secondary N) is 1. The number of aromatic amines is 1. The van der Waals surface area contributed by atoms with Crippen LogP contribution < -0.4 is 0 Å². The Balaban J connectivity index is 1.67. The van der Waals surface area contributed by atoms with Crippen molar-refractivity contribution in [3.63, 3.8) is 0 Å². The molecule has 0 aliphatic carbocycles. The molecule has 3 aromatic rings. The summed E-state index contributed by atoms with van der Waals surface area (Å²) < 4.78 is 39.4. The number of amides is 1. The topological polar surface area (TPSA) is 74.8 Å². The summed E-state index contributed by atoms with van der Waals surface area (Å²) in [5.74, 6) is -0.0362. The minimum atomic E-state index is -4.63. The molecule has 1 amide bonds. The SMILES string of the molecule is Cc1nc2c(c(-c3ccn[nH]3)n1)CCN(C(=O)c1cccc(C(F)(F)F)c1Cl)C2. The summed E-state index contributed by atoms with van der Waals surface area (Å²) in [5, 5.41) is 6.22. The number of hydrogen-bond donors (Lipinski definition) is 1. The van der Waals surface area contributed by atoms with Crippen molar-refractivity contribution in [2.75, 3.05) is 6.54 Å². The summed E-state index contributed by atoms with van der Waals surface area (Å²) in [6.07, 6.45) is -2.55. The van der Waals surface area contributed by atoms with Crippen molar-refractivity contribution in [2.45, 2.75) is 26.1 Å². The van der Waals surface area contributed by atoms with Gasteiger partial charge in [0.15, 0.2) is 0 Å². The molecule has 0 spiro atoms. The predicted molar refractivity (Wildman–Crippen MR) is 99.2 cm³/mol. The lowest BCUT2D eigenvalue weighted by atomic mass is 10.00. The molecule has 2 aromatic heterocycles. The van der Waals surface area contributed by atoms with Crippen LogP contribution in [-0.4, -0.2) is 37.5 Å². The Morgan fingerprint density at radius 3 is 2.72 bits per heavy atom. The largest absolute Gasteiger partial charge is 0.417 e. The number of rotatable bonds is 2. The zero-order chi connectivity index (χ0) is 20.8. The van der Waals surface area contributed by atoms with E-state index in [1.165, 1.54) is 17.0 Å². The standard InChI is InChI=1S/C19H15ClF3N5O/c1-10-25-15-9-28(8-6-11(15)17(26-10)14-5-7-24-27-14)18(29)12-3-2-4-13(16(12)20)19(21,22)23/h2-5,7H,6,8-9H2,1H3,(H,24,27). The summed E-state index contributed by atoms with van der Waals surface area (Å²) in [6, 6.07) is 5.14. The fourth-order valence-corrected chi connectivity index (χ4v) is 3.74. The van der Waals surface area contributed by atoms with Crippen LogP contribution >= 0.6 is 11.6 Å². The summed E-state index contributed by atoms with van der Waals surface area (Å²) in [7, 11) is 0. The Hall–Kier alpha value is -2.94. The Bertz CT molecular complexity index is 1080. The normalized spacial score (nSPS) is 14.0. The van der Waals surface area contributed by atoms with Crippen LogP contribution in [0.1, 0.15) is 33.0 Å². The first-order chi connectivity index (χ1) is 13.8. The number of aryl methyl sites for hydroxylation is 1. The van der Waals surface area contributed by atoms with Gasteiger partial charge in [-0.3, -0.25) is 9.89 Å². The summed E-state index contributed by atoms with van der Waals surface area (Å²) >= 11 is 5.92. The summed E-state index contributed by atoms with van der Waals surface area (Å²) in [4.78, 5) is 23.3. The Kier molecular flexibility index (Phi) is 4.77. The third kappa shape index (κ3) is 3.57. The second-order valence-corrected chi connectivity index (χ2v) is 7.03. The average molecular weight is 422 g/mol. The van der Waals surface area contributed by atoms with Crippen molar-refractivity contribution in [1.82, 2.24) is 25.1 Å². The molecule has 0 saturated heterocycles. The van der Waals surface area contributed by atoms with Crippen molar-refractivity contribution in [1.29, 1.82) is 0 Å². The number of benzene rings is 1. The first-order valence-electron chi connectivity index (χ1n) is 8.77. The molecule has 1 aliphatic rings. The number of aromatic nitrogens is 4. The Morgan fingerprint density at radius 2 is 2.03 bits per heavy atom. The molecule has 0 radical (unpaired) electrons. The van der Waals surface area contributed by atoms with Crippen LogP contribution in [0.5, 0.6) is 0 Å². The third-order valence-corrected chi connectivity index (χ3v) is 5.16. The van der Waals surface area contributed by atoms with Gasteiger partial charge in [0.25, 0.3) is 5.91 Å². The van der Waals surface area contributed by atoms with E-state index in [0.717, 1.165) is 17.3 Å². The molecule has 6 nitrogen and oxygen atoms in total. The van der Waals surface area contributed by atoms with Crippen LogP contribution in [0.15, 0.2) is 30.5 Å². The Labute approximate surface area is 168 Å². The van der Waals surface area contributed by atoms with E-state index >= 15 is 0 Å². The molecule has 4 rings (SSSR count). The number of carbonyl (C=O) groups excluding carboxylic acids is 1. The van der Waals surface area contributed by atoms with Crippen molar-refractivity contribution in [2.24, 2.45) is 0 Å². The van der Waals surface area contributed by atoms with Gasteiger partial charge < -0.3 is 4.90 Å². The maximum Gasteiger partial charge on any atom is 0.417 e. The quantitative estimate of drug-likeness (QED) is 0.677. The first-order valence-corrected chi connectivity index (χ1v) is 9.14. The van der Waals surface area contributed by atoms with E-state index in [1.807, 2.05) is 0 Å². The van der Waals surface area contributed by atoms with Crippen LogP contribution in [0, 0.1) is 6.92 Å². The Morgan fingerprint density at radius 1 is 1.24 bits per heavy atom. The predicted octanol–water partition coefficient (Wildman–Crippen LogP) is 4.05. The van der Waals surface area contributed by atoms with Gasteiger partial charge in [0.05, 0.1) is 39.8 Å². The van der Waals surface area contributed by atoms with E-state index in [4.69, 9.17) is 11.6 Å². The zero-order valence-corrected chi connectivity index (χ0v) is 16.0. The molecule has 0 saturated carbocycles. The van der Waals surface area contributed by atoms with Crippen LogP contribution in [-0.2, 0) is 19.1 Å². The van der Waals surface area contributed by atoms with Gasteiger partial charge in [0.2, 0.25) is 0 Å². The molecule has 10 heteroatoms. The minimum absolute atomic E-state index is 0.158. The molecule has 0 bridgehead atoms. The molecule has 0 unspecified atom stereocenters. The van der Waals surface area contributed by atoms with E-state index in [1.54, 1.807) is 19.2 Å². The number of halogens is 4. The summed E-state index contributed by atoms with van der Waals surface area (Å²) in [6.45, 7) is 2.21. The van der Waals surface area contributed by atoms with Crippen molar-refractivity contribution in [3.05, 3.63) is 63.7 Å². The van der Waals surface area contributed by atoms with Crippen LogP contribution in [0.25, 0.3) is 11.4 Å². The summed E-state index contributed by atoms with van der Waals surface area (Å²) in [5.41, 5.74) is 1.80. The first kappa shape index (κ1) is 19.4. The number of nitrogens with zero attached hydrogens (tertiary/aromatic N) is 4. The number of carbonyl (C=O) groups is 1. The average Bonchev–Trinajstić information content (AvgIpc) is 3.20. The number of alkyl halides is 3. The van der Waals surface area contributed by atoms with Crippen LogP contribution in [0.3, 0.4) is 0 Å². The van der Waals surface area contributed by atoms with Crippen molar-refractivity contribution >= 4 is 17.5 Å². The van der Waals surface area contributed by atoms with Crippen LogP contribution in [0.2, 0.25) is 5.02 Å². The monoisotopic (exact) mass is 421 g/mol. The highest BCUT2D eigenvalue weighted by Crippen LogP contribution is 2.37. The lowest BCUT2D eigenvalue weighted by molar-refractivity contribution is -0.137. The number of hydrogen-bond acceptors (Lipinski definition) is 4. The molecule has 29 heavy (non-hydrogen) atoms. The highest BCUT2D eigenvalue weighted by molar-refractivity contribution is 6.34. The van der Waals surface area contributed by atoms with Gasteiger partial charge in [-0.15, -0.1) is 0 Å². The fourth-order valence-electron chi connectivity index (χ4n) is 3.42. The highest BCUT2D eigenvalue weighted by Gasteiger charge is 2.36. The van der Waals surface area contributed by atoms with Gasteiger partial charge in [0.1, 0.15) is 5.82 Å². The van der Waals surface area contributed by atoms with Crippen molar-refractivity contribution < 1.29 is 18.0 Å². The molecular formula is C19H15ClF3N5O. The second-order valence-electron chi connectivity index (χ2n) is 6.66. The molecule has 3 heterocycles. The molecule has 0 atom stereocenters. The molecular weight excluding hydrogens is 407 g/mol. The van der Waals surface area contributed by atoms with Crippen molar-refractivity contribution in [3.8, 4) is 11.4 Å². The lowest BCUT2D eigenvalue weighted by Crippen LogP contribution is -2.37. The van der Waals surface area contributed by atoms with Gasteiger partial charge in [-0.05, 0) is 31.5 Å². The third-order valence-electron chi connectivity index (χ3n) is 4.75. The minimum Gasteiger partial charge on any atom is -0.332 e. The highest BCUT2D eigenvalue weighted by atomic mass is 35.5. The van der Waals surface area contributed by atoms with Gasteiger partial charge in [-0.2, -0.15) is 18.3 Å². The molecule has 0 fully saturated rings. The lowest BCUT2D eigenvalue weighted by Gasteiger charge is -2.29. The maximum atomic E-state index is 13.1.